The lowest BCUT2D eigenvalue weighted by atomic mass is 10.0. The van der Waals surface area contributed by atoms with E-state index in [2.05, 4.69) is 130 Å². The van der Waals surface area contributed by atoms with Crippen LogP contribution in [-0.4, -0.2) is 19.1 Å². The number of fused-ring (bicyclic) bond motifs is 9. The molecular formula is C46H28N4O. The molecule has 0 amide bonds. The fourth-order valence-corrected chi connectivity index (χ4v) is 7.95. The summed E-state index contributed by atoms with van der Waals surface area (Å²) in [4.78, 5) is 10.3. The second-order valence-corrected chi connectivity index (χ2v) is 13.0. The van der Waals surface area contributed by atoms with E-state index in [0.29, 0.717) is 11.5 Å². The third-order valence-electron chi connectivity index (χ3n) is 10.2. The minimum atomic E-state index is 0.575. The molecule has 0 aliphatic heterocycles. The molecule has 0 spiro atoms. The van der Waals surface area contributed by atoms with Crippen molar-refractivity contribution in [2.75, 3.05) is 0 Å². The number of rotatable bonds is 4. The first kappa shape index (κ1) is 27.9. The van der Waals surface area contributed by atoms with Crippen LogP contribution < -0.4 is 0 Å². The molecule has 51 heavy (non-hydrogen) atoms. The Kier molecular flexibility index (Phi) is 5.89. The fourth-order valence-electron chi connectivity index (χ4n) is 7.95. The lowest BCUT2D eigenvalue weighted by Gasteiger charge is -2.15. The maximum atomic E-state index is 6.42. The van der Waals surface area contributed by atoms with Crippen LogP contribution in [0.1, 0.15) is 0 Å². The number of hydrogen-bond donors (Lipinski definition) is 0. The van der Waals surface area contributed by atoms with Crippen molar-refractivity contribution in [3.63, 3.8) is 0 Å². The number of furan rings is 1. The summed E-state index contributed by atoms with van der Waals surface area (Å²) < 4.78 is 11.2. The minimum Gasteiger partial charge on any atom is -0.438 e. The molecular weight excluding hydrogens is 625 g/mol. The van der Waals surface area contributed by atoms with Gasteiger partial charge < -0.3 is 13.6 Å². The standard InChI is InChI=1S/C46H28N4O/c1-3-15-29(16-4-1)45-47-44(43-34-22-10-14-26-42(34)51-46(43)48-45)33-21-9-13-25-39(33)50-38-24-12-8-20-32(38)36-27-35-31-19-7-11-23-37(31)49(40(35)28-41(36)50)30-17-5-2-6-18-30/h1-28H. The molecule has 4 aromatic heterocycles. The summed E-state index contributed by atoms with van der Waals surface area (Å²) >= 11 is 0. The normalized spacial score (nSPS) is 11.9. The van der Waals surface area contributed by atoms with Crippen LogP contribution in [0.2, 0.25) is 0 Å². The number of hydrogen-bond acceptors (Lipinski definition) is 3. The average molecular weight is 653 g/mol. The van der Waals surface area contributed by atoms with Crippen molar-refractivity contribution in [3.8, 4) is 34.0 Å². The maximum Gasteiger partial charge on any atom is 0.231 e. The molecule has 0 fully saturated rings. The maximum absolute atomic E-state index is 6.42. The topological polar surface area (TPSA) is 48.8 Å². The summed E-state index contributed by atoms with van der Waals surface area (Å²) in [7, 11) is 0. The first-order valence-electron chi connectivity index (χ1n) is 17.2. The molecule has 0 atom stereocenters. The van der Waals surface area contributed by atoms with E-state index in [1.54, 1.807) is 0 Å². The highest BCUT2D eigenvalue weighted by Gasteiger charge is 2.23. The van der Waals surface area contributed by atoms with Crippen molar-refractivity contribution in [1.82, 2.24) is 19.1 Å². The van der Waals surface area contributed by atoms with Crippen molar-refractivity contribution in [1.29, 1.82) is 0 Å². The van der Waals surface area contributed by atoms with Gasteiger partial charge in [-0.05, 0) is 48.5 Å². The SMILES string of the molecule is c1ccc(-c2nc(-c3ccccc3-n3c4ccccc4c4cc5c6ccccc6n(-c6ccccc6)c5cc43)c3c(n2)oc2ccccc23)cc1. The van der Waals surface area contributed by atoms with Gasteiger partial charge in [0.2, 0.25) is 5.71 Å². The molecule has 238 valence electrons. The second kappa shape index (κ2) is 10.8. The Morgan fingerprint density at radius 3 is 1.78 bits per heavy atom. The van der Waals surface area contributed by atoms with E-state index in [9.17, 15) is 0 Å². The van der Waals surface area contributed by atoms with Crippen LogP contribution in [0.4, 0.5) is 0 Å². The van der Waals surface area contributed by atoms with Gasteiger partial charge >= 0.3 is 0 Å². The van der Waals surface area contributed by atoms with E-state index in [1.807, 2.05) is 48.5 Å². The highest BCUT2D eigenvalue weighted by molar-refractivity contribution is 6.19. The zero-order chi connectivity index (χ0) is 33.5. The van der Waals surface area contributed by atoms with E-state index in [4.69, 9.17) is 14.4 Å². The molecule has 0 N–H and O–H groups in total. The summed E-state index contributed by atoms with van der Waals surface area (Å²) in [6, 6.07) is 59.7. The Bertz CT molecular complexity index is 3130. The van der Waals surface area contributed by atoms with Crippen molar-refractivity contribution < 1.29 is 4.42 Å². The Balaban J connectivity index is 1.27. The quantitative estimate of drug-likeness (QED) is 0.190. The van der Waals surface area contributed by atoms with E-state index >= 15 is 0 Å². The van der Waals surface area contributed by atoms with Gasteiger partial charge in [0, 0.05) is 43.7 Å². The van der Waals surface area contributed by atoms with Crippen LogP contribution in [0.15, 0.2) is 174 Å². The van der Waals surface area contributed by atoms with Crippen LogP contribution in [-0.2, 0) is 0 Å². The molecule has 11 rings (SSSR count). The first-order chi connectivity index (χ1) is 25.3. The molecule has 5 heteroatoms. The van der Waals surface area contributed by atoms with Crippen molar-refractivity contribution in [2.24, 2.45) is 0 Å². The van der Waals surface area contributed by atoms with Gasteiger partial charge in [0.15, 0.2) is 5.82 Å². The lowest BCUT2D eigenvalue weighted by Crippen LogP contribution is -2.00. The molecule has 0 unspecified atom stereocenters. The molecule has 0 saturated carbocycles. The monoisotopic (exact) mass is 652 g/mol. The number of nitrogens with zero attached hydrogens (tertiary/aromatic N) is 4. The van der Waals surface area contributed by atoms with Gasteiger partial charge in [-0.2, -0.15) is 4.98 Å². The highest BCUT2D eigenvalue weighted by Crippen LogP contribution is 2.43. The zero-order valence-corrected chi connectivity index (χ0v) is 27.4. The zero-order valence-electron chi connectivity index (χ0n) is 27.4. The van der Waals surface area contributed by atoms with E-state index in [1.165, 1.54) is 27.1 Å². The Hall–Kier alpha value is -6.98. The molecule has 7 aromatic carbocycles. The summed E-state index contributed by atoms with van der Waals surface area (Å²) in [5, 5.41) is 6.77. The van der Waals surface area contributed by atoms with Crippen molar-refractivity contribution >= 4 is 65.7 Å². The van der Waals surface area contributed by atoms with Crippen molar-refractivity contribution in [3.05, 3.63) is 170 Å². The number of benzene rings is 7. The Morgan fingerprint density at radius 1 is 0.431 bits per heavy atom. The molecule has 0 bridgehead atoms. The second-order valence-electron chi connectivity index (χ2n) is 13.0. The summed E-state index contributed by atoms with van der Waals surface area (Å²) in [6.45, 7) is 0. The summed E-state index contributed by atoms with van der Waals surface area (Å²) in [6.07, 6.45) is 0. The van der Waals surface area contributed by atoms with Gasteiger partial charge in [-0.3, -0.25) is 0 Å². The van der Waals surface area contributed by atoms with Gasteiger partial charge in [-0.25, -0.2) is 4.98 Å². The van der Waals surface area contributed by atoms with Crippen LogP contribution in [0.3, 0.4) is 0 Å². The largest absolute Gasteiger partial charge is 0.438 e. The fraction of sp³-hybridized carbons (Fsp3) is 0. The molecule has 5 nitrogen and oxygen atoms in total. The third-order valence-corrected chi connectivity index (χ3v) is 10.2. The smallest absolute Gasteiger partial charge is 0.231 e. The van der Waals surface area contributed by atoms with Gasteiger partial charge in [-0.15, -0.1) is 0 Å². The molecule has 0 radical (unpaired) electrons. The third kappa shape index (κ3) is 4.09. The molecule has 0 aliphatic carbocycles. The van der Waals surface area contributed by atoms with Gasteiger partial charge in [0.1, 0.15) is 5.58 Å². The summed E-state index contributed by atoms with van der Waals surface area (Å²) in [5.74, 6) is 0.628. The predicted molar refractivity (Wildman–Crippen MR) is 209 cm³/mol. The van der Waals surface area contributed by atoms with E-state index < -0.39 is 0 Å². The predicted octanol–water partition coefficient (Wildman–Crippen LogP) is 11.9. The van der Waals surface area contributed by atoms with Crippen LogP contribution in [0.25, 0.3) is 99.7 Å². The Morgan fingerprint density at radius 2 is 1.02 bits per heavy atom. The number of para-hydroxylation sites is 5. The highest BCUT2D eigenvalue weighted by atomic mass is 16.3. The van der Waals surface area contributed by atoms with Gasteiger partial charge in [-0.1, -0.05) is 121 Å². The van der Waals surface area contributed by atoms with E-state index in [-0.39, 0.29) is 0 Å². The molecule has 0 aliphatic rings. The van der Waals surface area contributed by atoms with Crippen LogP contribution >= 0.6 is 0 Å². The lowest BCUT2D eigenvalue weighted by molar-refractivity contribution is 0.653. The van der Waals surface area contributed by atoms with Crippen molar-refractivity contribution in [2.45, 2.75) is 0 Å². The van der Waals surface area contributed by atoms with E-state index in [0.717, 1.165) is 61.1 Å². The average Bonchev–Trinajstić information content (AvgIpc) is 3.84. The molecule has 4 heterocycles. The summed E-state index contributed by atoms with van der Waals surface area (Å²) in [5.41, 5.74) is 10.9. The first-order valence-corrected chi connectivity index (χ1v) is 17.2. The van der Waals surface area contributed by atoms with Gasteiger partial charge in [0.05, 0.1) is 38.8 Å². The minimum absolute atomic E-state index is 0.575. The van der Waals surface area contributed by atoms with Gasteiger partial charge in [0.25, 0.3) is 0 Å². The van der Waals surface area contributed by atoms with Crippen LogP contribution in [0.5, 0.6) is 0 Å². The molecule has 11 aromatic rings. The Labute approximate surface area is 292 Å². The number of aromatic nitrogens is 4. The van der Waals surface area contributed by atoms with Crippen LogP contribution in [0, 0.1) is 0 Å². The molecule has 0 saturated heterocycles.